The summed E-state index contributed by atoms with van der Waals surface area (Å²) in [6, 6.07) is 10.5. The van der Waals surface area contributed by atoms with Crippen LogP contribution in [0.2, 0.25) is 0 Å². The van der Waals surface area contributed by atoms with Gasteiger partial charge in [-0.05, 0) is 38.2 Å². The second-order valence-corrected chi connectivity index (χ2v) is 5.33. The van der Waals surface area contributed by atoms with Crippen LogP contribution in [0.3, 0.4) is 0 Å². The highest BCUT2D eigenvalue weighted by atomic mass is 16.5. The molecule has 1 aliphatic rings. The predicted octanol–water partition coefficient (Wildman–Crippen LogP) is 3.68. The van der Waals surface area contributed by atoms with Crippen LogP contribution in [-0.4, -0.2) is 24.8 Å². The lowest BCUT2D eigenvalue weighted by atomic mass is 10.0. The van der Waals surface area contributed by atoms with Gasteiger partial charge >= 0.3 is 5.97 Å². The molecule has 21 heavy (non-hydrogen) atoms. The first-order valence-corrected chi connectivity index (χ1v) is 7.79. The van der Waals surface area contributed by atoms with Crippen molar-refractivity contribution in [3.8, 4) is 0 Å². The van der Waals surface area contributed by atoms with Crippen molar-refractivity contribution in [1.29, 1.82) is 0 Å². The number of carbonyl (C=O) groups is 1. The van der Waals surface area contributed by atoms with Crippen molar-refractivity contribution in [2.24, 2.45) is 0 Å². The summed E-state index contributed by atoms with van der Waals surface area (Å²) >= 11 is 0. The second kappa shape index (κ2) is 8.63. The molecule has 0 saturated carbocycles. The summed E-state index contributed by atoms with van der Waals surface area (Å²) in [6.07, 6.45) is 8.68. The van der Waals surface area contributed by atoms with Gasteiger partial charge < -0.3 is 9.47 Å². The Morgan fingerprint density at radius 2 is 2.10 bits per heavy atom. The average molecular weight is 288 g/mol. The largest absolute Gasteiger partial charge is 0.466 e. The Balaban J connectivity index is 1.72. The zero-order chi connectivity index (χ0) is 14.9. The van der Waals surface area contributed by atoms with Crippen molar-refractivity contribution in [3.63, 3.8) is 0 Å². The number of ether oxygens (including phenoxy) is 2. The van der Waals surface area contributed by atoms with Gasteiger partial charge in [-0.25, -0.2) is 0 Å². The van der Waals surface area contributed by atoms with Crippen LogP contribution in [0.1, 0.15) is 38.2 Å². The minimum absolute atomic E-state index is 0.0453. The fraction of sp³-hybridized carbons (Fsp3) is 0.500. The maximum atomic E-state index is 11.4. The molecule has 0 radical (unpaired) electrons. The van der Waals surface area contributed by atoms with Gasteiger partial charge in [0.2, 0.25) is 0 Å². The van der Waals surface area contributed by atoms with Crippen LogP contribution in [-0.2, 0) is 20.7 Å². The fourth-order valence-corrected chi connectivity index (χ4v) is 2.55. The molecule has 0 spiro atoms. The van der Waals surface area contributed by atoms with E-state index in [0.717, 1.165) is 19.3 Å². The highest BCUT2D eigenvalue weighted by Crippen LogP contribution is 2.20. The third-order valence-corrected chi connectivity index (χ3v) is 3.65. The molecule has 0 saturated heterocycles. The molecular weight excluding hydrogens is 264 g/mol. The maximum Gasteiger partial charge on any atom is 0.305 e. The summed E-state index contributed by atoms with van der Waals surface area (Å²) in [6.45, 7) is 2.27. The lowest BCUT2D eigenvalue weighted by Crippen LogP contribution is -2.25. The molecule has 114 valence electrons. The maximum absolute atomic E-state index is 11.4. The van der Waals surface area contributed by atoms with E-state index in [4.69, 9.17) is 9.47 Å². The Kier molecular flexibility index (Phi) is 6.48. The predicted molar refractivity (Wildman–Crippen MR) is 83.0 cm³/mol. The lowest BCUT2D eigenvalue weighted by molar-refractivity contribution is -0.144. The fourth-order valence-electron chi connectivity index (χ4n) is 2.55. The van der Waals surface area contributed by atoms with E-state index in [2.05, 4.69) is 36.4 Å². The summed E-state index contributed by atoms with van der Waals surface area (Å²) in [5.41, 5.74) is 1.35. The monoisotopic (exact) mass is 288 g/mol. The number of rotatable bonds is 7. The van der Waals surface area contributed by atoms with Crippen molar-refractivity contribution < 1.29 is 14.3 Å². The van der Waals surface area contributed by atoms with Gasteiger partial charge in [-0.1, -0.05) is 42.5 Å². The van der Waals surface area contributed by atoms with E-state index in [1.807, 2.05) is 13.0 Å². The Morgan fingerprint density at radius 3 is 2.86 bits per heavy atom. The molecule has 1 aliphatic heterocycles. The summed E-state index contributed by atoms with van der Waals surface area (Å²) in [5, 5.41) is 0. The van der Waals surface area contributed by atoms with Gasteiger partial charge in [0.25, 0.3) is 0 Å². The molecule has 1 heterocycles. The summed E-state index contributed by atoms with van der Waals surface area (Å²) < 4.78 is 11.0. The van der Waals surface area contributed by atoms with Crippen molar-refractivity contribution in [2.75, 3.05) is 6.61 Å². The lowest BCUT2D eigenvalue weighted by Gasteiger charge is -2.26. The van der Waals surface area contributed by atoms with Gasteiger partial charge in [-0.2, -0.15) is 0 Å². The molecule has 1 aromatic carbocycles. The van der Waals surface area contributed by atoms with Crippen LogP contribution < -0.4 is 0 Å². The van der Waals surface area contributed by atoms with Gasteiger partial charge in [0.05, 0.1) is 18.8 Å². The molecule has 0 bridgehead atoms. The normalized spacial score (nSPS) is 21.2. The quantitative estimate of drug-likeness (QED) is 0.567. The highest BCUT2D eigenvalue weighted by Gasteiger charge is 2.19. The first kappa shape index (κ1) is 15.8. The molecule has 0 unspecified atom stereocenters. The minimum atomic E-state index is -0.138. The molecule has 3 heteroatoms. The van der Waals surface area contributed by atoms with E-state index in [-0.39, 0.29) is 18.2 Å². The molecule has 2 rings (SSSR count). The molecule has 2 atom stereocenters. The molecule has 0 amide bonds. The Labute approximate surface area is 127 Å². The second-order valence-electron chi connectivity index (χ2n) is 5.33. The van der Waals surface area contributed by atoms with E-state index in [9.17, 15) is 4.79 Å². The standard InChI is InChI=1S/C18H24O3/c1-2-20-18(19)14-13-17-10-6-9-16(21-17)12-11-15-7-4-3-5-8-15/h3-8,10,16-17H,2,9,11-14H2,1H3/t16-,17-/m0/s1. The minimum Gasteiger partial charge on any atom is -0.466 e. The molecule has 3 nitrogen and oxygen atoms in total. The van der Waals surface area contributed by atoms with E-state index in [1.165, 1.54) is 5.56 Å². The number of benzene rings is 1. The van der Waals surface area contributed by atoms with Gasteiger partial charge in [-0.15, -0.1) is 0 Å². The molecule has 1 aromatic rings. The number of hydrogen-bond donors (Lipinski definition) is 0. The smallest absolute Gasteiger partial charge is 0.305 e. The van der Waals surface area contributed by atoms with Gasteiger partial charge in [0.15, 0.2) is 0 Å². The molecule has 0 N–H and O–H groups in total. The van der Waals surface area contributed by atoms with E-state index in [1.54, 1.807) is 0 Å². The Morgan fingerprint density at radius 1 is 1.29 bits per heavy atom. The van der Waals surface area contributed by atoms with E-state index >= 15 is 0 Å². The van der Waals surface area contributed by atoms with Crippen molar-refractivity contribution >= 4 is 5.97 Å². The van der Waals surface area contributed by atoms with Crippen LogP contribution in [0.25, 0.3) is 0 Å². The van der Waals surface area contributed by atoms with Gasteiger partial charge in [0, 0.05) is 6.42 Å². The average Bonchev–Trinajstić information content (AvgIpc) is 2.53. The highest BCUT2D eigenvalue weighted by molar-refractivity contribution is 5.69. The van der Waals surface area contributed by atoms with Gasteiger partial charge in [-0.3, -0.25) is 4.79 Å². The zero-order valence-electron chi connectivity index (χ0n) is 12.7. The number of esters is 1. The van der Waals surface area contributed by atoms with E-state index < -0.39 is 0 Å². The van der Waals surface area contributed by atoms with Crippen molar-refractivity contribution in [2.45, 2.75) is 51.2 Å². The summed E-state index contributed by atoms with van der Waals surface area (Å²) in [7, 11) is 0. The van der Waals surface area contributed by atoms with Crippen LogP contribution in [0.15, 0.2) is 42.5 Å². The first-order chi connectivity index (χ1) is 10.3. The molecule has 0 aliphatic carbocycles. The number of hydrogen-bond acceptors (Lipinski definition) is 3. The molecule has 0 aromatic heterocycles. The Bertz CT molecular complexity index is 453. The van der Waals surface area contributed by atoms with Crippen LogP contribution >= 0.6 is 0 Å². The molecule has 0 fully saturated rings. The zero-order valence-corrected chi connectivity index (χ0v) is 12.7. The van der Waals surface area contributed by atoms with Crippen LogP contribution in [0.5, 0.6) is 0 Å². The number of carbonyl (C=O) groups excluding carboxylic acids is 1. The summed E-state index contributed by atoms with van der Waals surface area (Å²) in [5.74, 6) is -0.138. The Hall–Kier alpha value is -1.61. The molecular formula is C18H24O3. The first-order valence-electron chi connectivity index (χ1n) is 7.79. The SMILES string of the molecule is CCOC(=O)CC[C@@H]1C=CC[C@@H](CCc2ccccc2)O1. The third-order valence-electron chi connectivity index (χ3n) is 3.65. The number of aryl methyl sites for hydroxylation is 1. The topological polar surface area (TPSA) is 35.5 Å². The van der Waals surface area contributed by atoms with Crippen molar-refractivity contribution in [1.82, 2.24) is 0 Å². The van der Waals surface area contributed by atoms with Crippen LogP contribution in [0.4, 0.5) is 0 Å². The van der Waals surface area contributed by atoms with E-state index in [0.29, 0.717) is 19.4 Å². The third kappa shape index (κ3) is 5.72. The van der Waals surface area contributed by atoms with Crippen molar-refractivity contribution in [3.05, 3.63) is 48.0 Å². The van der Waals surface area contributed by atoms with Gasteiger partial charge in [0.1, 0.15) is 0 Å². The van der Waals surface area contributed by atoms with Crippen LogP contribution in [0, 0.1) is 0 Å². The summed E-state index contributed by atoms with van der Waals surface area (Å²) in [4.78, 5) is 11.4.